The molecule has 0 bridgehead atoms. The molecule has 3 N–H and O–H groups in total. The number of aromatic nitrogens is 2. The molecule has 3 aromatic rings. The van der Waals surface area contributed by atoms with E-state index >= 15 is 0 Å². The highest BCUT2D eigenvalue weighted by molar-refractivity contribution is 7.89. The van der Waals surface area contributed by atoms with Gasteiger partial charge in [-0.1, -0.05) is 32.0 Å². The zero-order chi connectivity index (χ0) is 20.1. The van der Waals surface area contributed by atoms with Crippen molar-refractivity contribution in [2.75, 3.05) is 17.7 Å². The average molecular weight is 398 g/mol. The highest BCUT2D eigenvalue weighted by Crippen LogP contribution is 2.23. The Morgan fingerprint density at radius 2 is 1.46 bits per heavy atom. The predicted octanol–water partition coefficient (Wildman–Crippen LogP) is 4.00. The molecule has 0 aliphatic heterocycles. The Bertz CT molecular complexity index is 1070. The van der Waals surface area contributed by atoms with Crippen LogP contribution in [0, 0.1) is 0 Å². The summed E-state index contributed by atoms with van der Waals surface area (Å²) in [6, 6.07) is 16.5. The van der Waals surface area contributed by atoms with E-state index < -0.39 is 10.0 Å². The van der Waals surface area contributed by atoms with Gasteiger partial charge in [0.1, 0.15) is 18.0 Å². The van der Waals surface area contributed by atoms with Crippen LogP contribution in [-0.4, -0.2) is 25.4 Å². The van der Waals surface area contributed by atoms with E-state index in [-0.39, 0.29) is 4.90 Å². The smallest absolute Gasteiger partial charge is 0.240 e. The lowest BCUT2D eigenvalue weighted by molar-refractivity contribution is 0.588. The topological polar surface area (TPSA) is 96.0 Å². The van der Waals surface area contributed by atoms with Crippen molar-refractivity contribution >= 4 is 33.0 Å². The Morgan fingerprint density at radius 3 is 2.07 bits per heavy atom. The van der Waals surface area contributed by atoms with Gasteiger partial charge in [0.05, 0.1) is 4.90 Å². The summed E-state index contributed by atoms with van der Waals surface area (Å²) < 4.78 is 26.2. The second-order valence-corrected chi connectivity index (χ2v) is 8.44. The van der Waals surface area contributed by atoms with E-state index in [4.69, 9.17) is 0 Å². The molecule has 0 aliphatic rings. The summed E-state index contributed by atoms with van der Waals surface area (Å²) in [7, 11) is -2.13. The van der Waals surface area contributed by atoms with Crippen LogP contribution >= 0.6 is 0 Å². The molecule has 1 aromatic heterocycles. The highest BCUT2D eigenvalue weighted by atomic mass is 32.2. The molecule has 28 heavy (non-hydrogen) atoms. The molecule has 3 rings (SSSR count). The van der Waals surface area contributed by atoms with Crippen LogP contribution in [-0.2, 0) is 10.0 Å². The molecular formula is C20H23N5O2S. The molecule has 7 nitrogen and oxygen atoms in total. The largest absolute Gasteiger partial charge is 0.340 e. The van der Waals surface area contributed by atoms with Crippen LogP contribution in [0.4, 0.5) is 23.0 Å². The highest BCUT2D eigenvalue weighted by Gasteiger charge is 2.11. The van der Waals surface area contributed by atoms with Crippen LogP contribution in [0.3, 0.4) is 0 Å². The van der Waals surface area contributed by atoms with E-state index in [1.807, 2.05) is 12.1 Å². The zero-order valence-corrected chi connectivity index (χ0v) is 16.8. The van der Waals surface area contributed by atoms with Crippen molar-refractivity contribution < 1.29 is 8.42 Å². The molecule has 2 aromatic carbocycles. The predicted molar refractivity (Wildman–Crippen MR) is 112 cm³/mol. The standard InChI is InChI=1S/C20H23N5O2S/c1-14(2)15-6-4-7-16(10-15)24-19-12-20(23-13-22-19)25-17-8-5-9-18(11-17)28(26,27)21-3/h4-14,21H,1-3H3,(H2,22,23,24,25). The summed E-state index contributed by atoms with van der Waals surface area (Å²) in [4.78, 5) is 8.64. The van der Waals surface area contributed by atoms with Gasteiger partial charge in [0.2, 0.25) is 10.0 Å². The van der Waals surface area contributed by atoms with Crippen molar-refractivity contribution in [3.8, 4) is 0 Å². The number of nitrogens with one attached hydrogen (secondary N) is 3. The molecule has 0 fully saturated rings. The number of nitrogens with zero attached hydrogens (tertiary/aromatic N) is 2. The Hall–Kier alpha value is -2.97. The lowest BCUT2D eigenvalue weighted by atomic mass is 10.0. The van der Waals surface area contributed by atoms with Gasteiger partial charge >= 0.3 is 0 Å². The maximum absolute atomic E-state index is 12.0. The minimum absolute atomic E-state index is 0.179. The minimum Gasteiger partial charge on any atom is -0.340 e. The van der Waals surface area contributed by atoms with Crippen LogP contribution in [0.15, 0.2) is 65.8 Å². The van der Waals surface area contributed by atoms with Crippen molar-refractivity contribution in [3.63, 3.8) is 0 Å². The molecule has 0 radical (unpaired) electrons. The SMILES string of the molecule is CNS(=O)(=O)c1cccc(Nc2cc(Nc3cccc(C(C)C)c3)ncn2)c1. The maximum Gasteiger partial charge on any atom is 0.240 e. The van der Waals surface area contributed by atoms with Gasteiger partial charge in [-0.15, -0.1) is 0 Å². The number of hydrogen-bond acceptors (Lipinski definition) is 6. The number of hydrogen-bond donors (Lipinski definition) is 3. The number of benzene rings is 2. The molecule has 0 aliphatic carbocycles. The van der Waals surface area contributed by atoms with Crippen molar-refractivity contribution in [2.24, 2.45) is 0 Å². The quantitative estimate of drug-likeness (QED) is 0.558. The van der Waals surface area contributed by atoms with E-state index in [9.17, 15) is 8.42 Å². The number of sulfonamides is 1. The molecule has 0 unspecified atom stereocenters. The summed E-state index contributed by atoms with van der Waals surface area (Å²) >= 11 is 0. The van der Waals surface area contributed by atoms with Crippen LogP contribution in [0.1, 0.15) is 25.3 Å². The van der Waals surface area contributed by atoms with Crippen molar-refractivity contribution in [2.45, 2.75) is 24.7 Å². The second-order valence-electron chi connectivity index (χ2n) is 6.55. The summed E-state index contributed by atoms with van der Waals surface area (Å²) in [5.74, 6) is 1.62. The van der Waals surface area contributed by atoms with E-state index in [2.05, 4.69) is 51.3 Å². The molecule has 0 spiro atoms. The molecular weight excluding hydrogens is 374 g/mol. The molecule has 0 atom stereocenters. The normalized spacial score (nSPS) is 11.4. The van der Waals surface area contributed by atoms with Crippen molar-refractivity contribution in [3.05, 3.63) is 66.5 Å². The zero-order valence-electron chi connectivity index (χ0n) is 16.0. The van der Waals surface area contributed by atoms with Gasteiger partial charge in [-0.3, -0.25) is 0 Å². The minimum atomic E-state index is -3.51. The van der Waals surface area contributed by atoms with Gasteiger partial charge in [0, 0.05) is 17.4 Å². The van der Waals surface area contributed by atoms with Crippen LogP contribution in [0.5, 0.6) is 0 Å². The van der Waals surface area contributed by atoms with Crippen molar-refractivity contribution in [1.29, 1.82) is 0 Å². The molecule has 146 valence electrons. The van der Waals surface area contributed by atoms with Crippen LogP contribution < -0.4 is 15.4 Å². The van der Waals surface area contributed by atoms with Gasteiger partial charge in [0.25, 0.3) is 0 Å². The third-order valence-electron chi connectivity index (χ3n) is 4.18. The van der Waals surface area contributed by atoms with Crippen LogP contribution in [0.25, 0.3) is 0 Å². The van der Waals surface area contributed by atoms with Gasteiger partial charge < -0.3 is 10.6 Å². The molecule has 0 saturated carbocycles. The first-order valence-electron chi connectivity index (χ1n) is 8.87. The number of anilines is 4. The monoisotopic (exact) mass is 397 g/mol. The van der Waals surface area contributed by atoms with E-state index in [0.29, 0.717) is 23.2 Å². The Labute approximate surface area is 165 Å². The first-order valence-corrected chi connectivity index (χ1v) is 10.4. The fourth-order valence-electron chi connectivity index (χ4n) is 2.62. The first-order chi connectivity index (χ1) is 13.4. The fourth-order valence-corrected chi connectivity index (χ4v) is 3.40. The summed E-state index contributed by atoms with van der Waals surface area (Å²) in [5.41, 5.74) is 2.79. The molecule has 8 heteroatoms. The van der Waals surface area contributed by atoms with Gasteiger partial charge in [-0.2, -0.15) is 0 Å². The third kappa shape index (κ3) is 4.85. The fraction of sp³-hybridized carbons (Fsp3) is 0.200. The molecule has 0 amide bonds. The Balaban J connectivity index is 1.79. The van der Waals surface area contributed by atoms with E-state index in [0.717, 1.165) is 5.69 Å². The Kier molecular flexibility index (Phi) is 5.91. The maximum atomic E-state index is 12.0. The third-order valence-corrected chi connectivity index (χ3v) is 5.59. The average Bonchev–Trinajstić information content (AvgIpc) is 2.68. The summed E-state index contributed by atoms with van der Waals surface area (Å²) in [5, 5.41) is 6.39. The summed E-state index contributed by atoms with van der Waals surface area (Å²) in [6.07, 6.45) is 1.45. The lowest BCUT2D eigenvalue weighted by Gasteiger charge is -2.11. The first kappa shape index (κ1) is 19.8. The molecule has 1 heterocycles. The van der Waals surface area contributed by atoms with Crippen molar-refractivity contribution in [1.82, 2.24) is 14.7 Å². The van der Waals surface area contributed by atoms with Gasteiger partial charge in [0.15, 0.2) is 0 Å². The van der Waals surface area contributed by atoms with E-state index in [1.54, 1.807) is 24.3 Å². The Morgan fingerprint density at radius 1 is 0.857 bits per heavy atom. The lowest BCUT2D eigenvalue weighted by Crippen LogP contribution is -2.18. The van der Waals surface area contributed by atoms with E-state index in [1.165, 1.54) is 25.0 Å². The number of rotatable bonds is 7. The molecule has 0 saturated heterocycles. The summed E-state index contributed by atoms with van der Waals surface area (Å²) in [6.45, 7) is 4.29. The van der Waals surface area contributed by atoms with Gasteiger partial charge in [-0.25, -0.2) is 23.1 Å². The van der Waals surface area contributed by atoms with Crippen LogP contribution in [0.2, 0.25) is 0 Å². The van der Waals surface area contributed by atoms with Gasteiger partial charge in [-0.05, 0) is 48.9 Å². The second kappa shape index (κ2) is 8.37.